The predicted molar refractivity (Wildman–Crippen MR) is 58.3 cm³/mol. The van der Waals surface area contributed by atoms with Crippen LogP contribution in [0.4, 0.5) is 0 Å². The van der Waals surface area contributed by atoms with Crippen LogP contribution in [0, 0.1) is 0 Å². The molecular formula is C10H9NO5S. The van der Waals surface area contributed by atoms with E-state index in [-0.39, 0.29) is 10.5 Å². The number of esters is 1. The normalized spacial score (nSPS) is 17.0. The van der Waals surface area contributed by atoms with E-state index in [9.17, 15) is 18.3 Å². The molecule has 1 aromatic rings. The molecule has 7 heteroatoms. The predicted octanol–water partition coefficient (Wildman–Crippen LogP) is 0.378. The monoisotopic (exact) mass is 257 g/mol. The van der Waals surface area contributed by atoms with E-state index in [1.54, 1.807) is 6.07 Å². The van der Waals surface area contributed by atoms with Gasteiger partial charge < -0.3 is 9.84 Å². The van der Waals surface area contributed by atoms with Crippen LogP contribution in [0.2, 0.25) is 0 Å². The second-order valence-electron chi connectivity index (χ2n) is 3.32. The van der Waals surface area contributed by atoms with Crippen molar-refractivity contribution in [3.63, 3.8) is 0 Å². The third kappa shape index (κ3) is 1.74. The number of nitrogens with one attached hydrogen (secondary N) is 1. The lowest BCUT2D eigenvalue weighted by Gasteiger charge is -2.19. The minimum atomic E-state index is -3.85. The quantitative estimate of drug-likeness (QED) is 0.709. The number of benzene rings is 1. The number of rotatable bonds is 1. The molecule has 90 valence electrons. The van der Waals surface area contributed by atoms with Crippen molar-refractivity contribution in [2.75, 3.05) is 7.11 Å². The van der Waals surface area contributed by atoms with Gasteiger partial charge in [0.05, 0.1) is 12.0 Å². The van der Waals surface area contributed by atoms with E-state index in [2.05, 4.69) is 4.74 Å². The number of sulfonamides is 1. The van der Waals surface area contributed by atoms with E-state index in [1.165, 1.54) is 18.2 Å². The van der Waals surface area contributed by atoms with Gasteiger partial charge in [0.1, 0.15) is 0 Å². The molecule has 0 amide bonds. The van der Waals surface area contributed by atoms with Crippen LogP contribution in [0.1, 0.15) is 5.56 Å². The van der Waals surface area contributed by atoms with Crippen molar-refractivity contribution < 1.29 is 23.1 Å². The number of fused-ring (bicyclic) bond motifs is 1. The molecule has 0 unspecified atom stereocenters. The molecule has 1 aromatic carbocycles. The Balaban J connectivity index is 2.72. The molecule has 0 spiro atoms. The van der Waals surface area contributed by atoms with E-state index in [4.69, 9.17) is 0 Å². The van der Waals surface area contributed by atoms with E-state index in [0.717, 1.165) is 7.11 Å². The zero-order valence-electron chi connectivity index (χ0n) is 8.80. The van der Waals surface area contributed by atoms with Crippen molar-refractivity contribution in [3.05, 3.63) is 35.5 Å². The average Bonchev–Trinajstić information content (AvgIpc) is 2.33. The molecule has 1 aliphatic heterocycles. The molecule has 0 saturated carbocycles. The summed E-state index contributed by atoms with van der Waals surface area (Å²) in [6.45, 7) is 0. The largest absolute Gasteiger partial charge is 0.505 e. The maximum absolute atomic E-state index is 11.8. The summed E-state index contributed by atoms with van der Waals surface area (Å²) in [7, 11) is -2.75. The number of aliphatic hydroxyl groups is 1. The van der Waals surface area contributed by atoms with Crippen LogP contribution in [-0.2, 0) is 19.6 Å². The SMILES string of the molecule is CO[14C](=O)C1=C(O)c2ccccc2S(=O)(=O)N1. The molecule has 0 fully saturated rings. The summed E-state index contributed by atoms with van der Waals surface area (Å²) in [5, 5.41) is 9.81. The highest BCUT2D eigenvalue weighted by atomic mass is 32.2. The fraction of sp³-hybridized carbons (Fsp3) is 0.100. The van der Waals surface area contributed by atoms with Crippen molar-refractivity contribution >= 4 is 21.8 Å². The van der Waals surface area contributed by atoms with Gasteiger partial charge in [-0.25, -0.2) is 13.2 Å². The Morgan fingerprint density at radius 3 is 2.65 bits per heavy atom. The molecule has 2 N–H and O–H groups in total. The fourth-order valence-electron chi connectivity index (χ4n) is 1.51. The summed E-state index contributed by atoms with van der Waals surface area (Å²) in [5.41, 5.74) is -0.405. The molecule has 17 heavy (non-hydrogen) atoms. The highest BCUT2D eigenvalue weighted by molar-refractivity contribution is 7.89. The topological polar surface area (TPSA) is 92.7 Å². The van der Waals surface area contributed by atoms with Gasteiger partial charge in [-0.1, -0.05) is 12.1 Å². The van der Waals surface area contributed by atoms with Crippen molar-refractivity contribution in [1.29, 1.82) is 0 Å². The molecule has 0 bridgehead atoms. The highest BCUT2D eigenvalue weighted by Gasteiger charge is 2.32. The van der Waals surface area contributed by atoms with Crippen LogP contribution in [-0.4, -0.2) is 26.6 Å². The van der Waals surface area contributed by atoms with Crippen LogP contribution in [0.15, 0.2) is 34.9 Å². The van der Waals surface area contributed by atoms with Crippen LogP contribution >= 0.6 is 0 Å². The van der Waals surface area contributed by atoms with Gasteiger partial charge in [0.2, 0.25) is 0 Å². The second-order valence-corrected chi connectivity index (χ2v) is 4.97. The van der Waals surface area contributed by atoms with E-state index < -0.39 is 27.4 Å². The highest BCUT2D eigenvalue weighted by Crippen LogP contribution is 2.28. The minimum absolute atomic E-state index is 0.0756. The van der Waals surface area contributed by atoms with E-state index in [0.29, 0.717) is 0 Å². The number of methoxy groups -OCH3 is 1. The lowest BCUT2D eigenvalue weighted by Crippen LogP contribution is -2.33. The summed E-state index contributed by atoms with van der Waals surface area (Å²) >= 11 is 0. The summed E-state index contributed by atoms with van der Waals surface area (Å²) in [6.07, 6.45) is 0. The lowest BCUT2D eigenvalue weighted by atomic mass is 10.2. The Kier molecular flexibility index (Phi) is 2.55. The molecule has 1 aliphatic rings. The van der Waals surface area contributed by atoms with Crippen molar-refractivity contribution in [2.45, 2.75) is 4.90 Å². The fourth-order valence-corrected chi connectivity index (χ4v) is 2.78. The Hall–Kier alpha value is -2.02. The number of hydrogen-bond acceptors (Lipinski definition) is 5. The smallest absolute Gasteiger partial charge is 0.359 e. The standard InChI is InChI=1S/C10H9NO5S/c1-16-10(13)8-9(12)6-4-2-3-5-7(6)17(14,15)11-8/h2-5,11-12H,1H3/i10+2. The van der Waals surface area contributed by atoms with Crippen LogP contribution in [0.5, 0.6) is 0 Å². The zero-order chi connectivity index (χ0) is 12.6. The first-order valence-electron chi connectivity index (χ1n) is 4.61. The van der Waals surface area contributed by atoms with Gasteiger partial charge in [-0.3, -0.25) is 4.72 Å². The Morgan fingerprint density at radius 2 is 2.00 bits per heavy atom. The Bertz CT molecular complexity index is 617. The molecule has 2 rings (SSSR count). The molecule has 6 nitrogen and oxygen atoms in total. The van der Waals surface area contributed by atoms with Gasteiger partial charge in [0, 0.05) is 5.56 Å². The Morgan fingerprint density at radius 1 is 1.35 bits per heavy atom. The van der Waals surface area contributed by atoms with Crippen molar-refractivity contribution in [2.24, 2.45) is 0 Å². The van der Waals surface area contributed by atoms with E-state index in [1.807, 2.05) is 4.72 Å². The summed E-state index contributed by atoms with van der Waals surface area (Å²) in [5.74, 6) is -1.39. The van der Waals surface area contributed by atoms with Crippen LogP contribution < -0.4 is 4.72 Å². The van der Waals surface area contributed by atoms with Crippen LogP contribution in [0.25, 0.3) is 5.76 Å². The minimum Gasteiger partial charge on any atom is -0.505 e. The molecule has 0 saturated heterocycles. The van der Waals surface area contributed by atoms with Gasteiger partial charge in [-0.15, -0.1) is 0 Å². The van der Waals surface area contributed by atoms with Gasteiger partial charge in [-0.2, -0.15) is 0 Å². The van der Waals surface area contributed by atoms with Gasteiger partial charge in [0.15, 0.2) is 11.5 Å². The average molecular weight is 257 g/mol. The van der Waals surface area contributed by atoms with Gasteiger partial charge >= 0.3 is 5.97 Å². The number of hydrogen-bond donors (Lipinski definition) is 2. The number of carbonyl (C=O) groups is 1. The van der Waals surface area contributed by atoms with Crippen molar-refractivity contribution in [1.82, 2.24) is 4.72 Å². The Labute approximate surface area is 97.6 Å². The van der Waals surface area contributed by atoms with Crippen LogP contribution in [0.3, 0.4) is 0 Å². The lowest BCUT2D eigenvalue weighted by molar-refractivity contribution is -0.136. The zero-order valence-corrected chi connectivity index (χ0v) is 9.61. The summed E-state index contributed by atoms with van der Waals surface area (Å²) in [4.78, 5) is 11.2. The molecule has 0 radical (unpaired) electrons. The second kappa shape index (κ2) is 3.77. The first-order chi connectivity index (χ1) is 7.97. The third-order valence-electron chi connectivity index (χ3n) is 2.29. The summed E-state index contributed by atoms with van der Waals surface area (Å²) < 4.78 is 29.9. The number of carbonyl (C=O) groups excluding carboxylic acids is 1. The molecule has 0 aliphatic carbocycles. The van der Waals surface area contributed by atoms with Gasteiger partial charge in [0.25, 0.3) is 10.0 Å². The third-order valence-corrected chi connectivity index (χ3v) is 3.70. The van der Waals surface area contributed by atoms with Gasteiger partial charge in [-0.05, 0) is 12.1 Å². The first kappa shape index (κ1) is 11.5. The maximum atomic E-state index is 11.8. The number of ether oxygens (including phenoxy) is 1. The maximum Gasteiger partial charge on any atom is 0.359 e. The summed E-state index contributed by atoms with van der Waals surface area (Å²) in [6, 6.07) is 5.83. The molecule has 1 heterocycles. The van der Waals surface area contributed by atoms with E-state index >= 15 is 0 Å². The molecule has 0 aromatic heterocycles. The molecular weight excluding hydrogens is 248 g/mol. The first-order valence-corrected chi connectivity index (χ1v) is 6.09. The van der Waals surface area contributed by atoms with Crippen molar-refractivity contribution in [3.8, 4) is 0 Å². The number of aliphatic hydroxyl groups excluding tert-OH is 1. The molecule has 0 atom stereocenters.